The van der Waals surface area contributed by atoms with Crippen LogP contribution >= 0.6 is 11.6 Å². The molecule has 1 unspecified atom stereocenters. The number of carbonyl (C=O) groups is 1. The van der Waals surface area contributed by atoms with Crippen molar-refractivity contribution < 1.29 is 9.90 Å². The second kappa shape index (κ2) is 5.98. The third-order valence-corrected chi connectivity index (χ3v) is 4.84. The molecule has 0 saturated carbocycles. The number of benzene rings is 1. The summed E-state index contributed by atoms with van der Waals surface area (Å²) < 4.78 is 1.68. The van der Waals surface area contributed by atoms with Gasteiger partial charge in [-0.2, -0.15) is 5.10 Å². The lowest BCUT2D eigenvalue weighted by molar-refractivity contribution is 0.0467. The van der Waals surface area contributed by atoms with Crippen LogP contribution in [0.25, 0.3) is 5.69 Å². The fourth-order valence-electron chi connectivity index (χ4n) is 3.12. The highest BCUT2D eigenvalue weighted by Gasteiger charge is 2.40. The number of nitrogens with zero attached hydrogens (tertiary/aromatic N) is 3. The maximum absolute atomic E-state index is 12.8. The molecular weight excluding hydrogens is 314 g/mol. The molecule has 1 aromatic carbocycles. The zero-order chi connectivity index (χ0) is 16.6. The van der Waals surface area contributed by atoms with Crippen molar-refractivity contribution in [2.45, 2.75) is 32.2 Å². The topological polar surface area (TPSA) is 58.4 Å². The van der Waals surface area contributed by atoms with E-state index in [1.165, 1.54) is 0 Å². The third kappa shape index (κ3) is 2.75. The summed E-state index contributed by atoms with van der Waals surface area (Å²) in [6.45, 7) is 4.41. The van der Waals surface area contributed by atoms with E-state index in [4.69, 9.17) is 11.6 Å². The number of aliphatic hydroxyl groups excluding tert-OH is 1. The van der Waals surface area contributed by atoms with Gasteiger partial charge in [0.15, 0.2) is 5.69 Å². The number of amides is 1. The number of aryl methyl sites for hydroxylation is 1. The average molecular weight is 334 g/mol. The van der Waals surface area contributed by atoms with Gasteiger partial charge in [-0.3, -0.25) is 4.79 Å². The number of hydrogen-bond donors (Lipinski definition) is 1. The van der Waals surface area contributed by atoms with Crippen LogP contribution in [-0.2, 0) is 0 Å². The molecule has 2 aromatic rings. The van der Waals surface area contributed by atoms with Crippen LogP contribution in [0.1, 0.15) is 35.9 Å². The van der Waals surface area contributed by atoms with Crippen molar-refractivity contribution in [3.05, 3.63) is 46.7 Å². The molecule has 0 spiro atoms. The highest BCUT2D eigenvalue weighted by molar-refractivity contribution is 6.32. The lowest BCUT2D eigenvalue weighted by Crippen LogP contribution is -2.47. The van der Waals surface area contributed by atoms with Crippen molar-refractivity contribution in [3.63, 3.8) is 0 Å². The molecule has 5 nitrogen and oxygen atoms in total. The van der Waals surface area contributed by atoms with Crippen LogP contribution in [0.3, 0.4) is 0 Å². The van der Waals surface area contributed by atoms with Crippen LogP contribution in [0.15, 0.2) is 30.3 Å². The second-order valence-corrected chi connectivity index (χ2v) is 6.66. The molecule has 1 saturated heterocycles. The molecule has 0 bridgehead atoms. The lowest BCUT2D eigenvalue weighted by atomic mass is 10.00. The highest BCUT2D eigenvalue weighted by Crippen LogP contribution is 2.30. The summed E-state index contributed by atoms with van der Waals surface area (Å²) in [5.41, 5.74) is 1.46. The molecule has 1 aromatic heterocycles. The fourth-order valence-corrected chi connectivity index (χ4v) is 3.33. The van der Waals surface area contributed by atoms with E-state index in [1.54, 1.807) is 21.7 Å². The standard InChI is InChI=1S/C17H20ClN3O2/c1-12-10-14(16(23)20-9-5-8-17(20,2)11-22)19-21(12)15-7-4-3-6-13(15)18/h3-4,6-7,10,22H,5,8-9,11H2,1-2H3. The van der Waals surface area contributed by atoms with Gasteiger partial charge in [-0.15, -0.1) is 0 Å². The van der Waals surface area contributed by atoms with Gasteiger partial charge in [0.05, 0.1) is 22.9 Å². The molecule has 1 N–H and O–H groups in total. The van der Waals surface area contributed by atoms with E-state index in [2.05, 4.69) is 5.10 Å². The summed E-state index contributed by atoms with van der Waals surface area (Å²) in [6, 6.07) is 9.16. The Kier molecular flexibility index (Phi) is 4.17. The summed E-state index contributed by atoms with van der Waals surface area (Å²) >= 11 is 6.23. The zero-order valence-electron chi connectivity index (χ0n) is 13.3. The van der Waals surface area contributed by atoms with Crippen molar-refractivity contribution in [1.29, 1.82) is 0 Å². The first kappa shape index (κ1) is 16.0. The molecule has 2 heterocycles. The maximum Gasteiger partial charge on any atom is 0.274 e. The summed E-state index contributed by atoms with van der Waals surface area (Å²) in [6.07, 6.45) is 1.70. The zero-order valence-corrected chi connectivity index (χ0v) is 14.0. The van der Waals surface area contributed by atoms with Crippen molar-refractivity contribution in [3.8, 4) is 5.69 Å². The van der Waals surface area contributed by atoms with E-state index < -0.39 is 5.54 Å². The molecule has 1 atom stereocenters. The maximum atomic E-state index is 12.8. The van der Waals surface area contributed by atoms with Crippen molar-refractivity contribution in [2.75, 3.05) is 13.2 Å². The number of aromatic nitrogens is 2. The molecule has 122 valence electrons. The Balaban J connectivity index is 1.95. The predicted molar refractivity (Wildman–Crippen MR) is 89.1 cm³/mol. The Morgan fingerprint density at radius 2 is 2.17 bits per heavy atom. The Hall–Kier alpha value is -1.85. The van der Waals surface area contributed by atoms with Crippen LogP contribution < -0.4 is 0 Å². The second-order valence-electron chi connectivity index (χ2n) is 6.25. The van der Waals surface area contributed by atoms with Crippen LogP contribution in [0.2, 0.25) is 5.02 Å². The number of para-hydroxylation sites is 1. The van der Waals surface area contributed by atoms with E-state index in [9.17, 15) is 9.90 Å². The number of aliphatic hydroxyl groups is 1. The minimum atomic E-state index is -0.501. The van der Waals surface area contributed by atoms with Gasteiger partial charge in [-0.1, -0.05) is 23.7 Å². The SMILES string of the molecule is Cc1cc(C(=O)N2CCCC2(C)CO)nn1-c1ccccc1Cl. The van der Waals surface area contributed by atoms with Gasteiger partial charge < -0.3 is 10.0 Å². The minimum absolute atomic E-state index is 0.0387. The van der Waals surface area contributed by atoms with Gasteiger partial charge in [0, 0.05) is 12.2 Å². The van der Waals surface area contributed by atoms with Crippen LogP contribution in [0, 0.1) is 6.92 Å². The average Bonchev–Trinajstić information content (AvgIpc) is 3.11. The largest absolute Gasteiger partial charge is 0.394 e. The predicted octanol–water partition coefficient (Wildman–Crippen LogP) is 2.82. The number of likely N-dealkylation sites (tertiary alicyclic amines) is 1. The molecular formula is C17H20ClN3O2. The normalized spacial score (nSPS) is 21.0. The first-order chi connectivity index (χ1) is 11.0. The van der Waals surface area contributed by atoms with Gasteiger partial charge in [0.1, 0.15) is 0 Å². The Morgan fingerprint density at radius 1 is 1.43 bits per heavy atom. The summed E-state index contributed by atoms with van der Waals surface area (Å²) in [5.74, 6) is -0.145. The molecule has 3 rings (SSSR count). The highest BCUT2D eigenvalue weighted by atomic mass is 35.5. The van der Waals surface area contributed by atoms with Gasteiger partial charge in [0.2, 0.25) is 0 Å². The molecule has 1 fully saturated rings. The number of rotatable bonds is 3. The number of halogens is 1. The molecule has 0 aliphatic carbocycles. The van der Waals surface area contributed by atoms with Crippen molar-refractivity contribution in [1.82, 2.24) is 14.7 Å². The van der Waals surface area contributed by atoms with Gasteiger partial charge in [0.25, 0.3) is 5.91 Å². The van der Waals surface area contributed by atoms with Gasteiger partial charge in [-0.05, 0) is 44.9 Å². The van der Waals surface area contributed by atoms with E-state index in [0.29, 0.717) is 17.3 Å². The van der Waals surface area contributed by atoms with Crippen LogP contribution in [0.5, 0.6) is 0 Å². The summed E-state index contributed by atoms with van der Waals surface area (Å²) in [5, 5.41) is 14.7. The summed E-state index contributed by atoms with van der Waals surface area (Å²) in [4.78, 5) is 14.5. The molecule has 1 amide bonds. The molecule has 1 aliphatic heterocycles. The smallest absolute Gasteiger partial charge is 0.274 e. The van der Waals surface area contributed by atoms with Crippen LogP contribution in [0.4, 0.5) is 0 Å². The first-order valence-electron chi connectivity index (χ1n) is 7.71. The lowest BCUT2D eigenvalue weighted by Gasteiger charge is -2.33. The Morgan fingerprint density at radius 3 is 2.87 bits per heavy atom. The molecule has 23 heavy (non-hydrogen) atoms. The monoisotopic (exact) mass is 333 g/mol. The molecule has 0 radical (unpaired) electrons. The number of hydrogen-bond acceptors (Lipinski definition) is 3. The van der Waals surface area contributed by atoms with E-state index in [0.717, 1.165) is 24.2 Å². The first-order valence-corrected chi connectivity index (χ1v) is 8.08. The Labute approximate surface area is 140 Å². The van der Waals surface area contributed by atoms with E-state index in [-0.39, 0.29) is 12.5 Å². The van der Waals surface area contributed by atoms with Gasteiger partial charge in [-0.25, -0.2) is 4.68 Å². The van der Waals surface area contributed by atoms with E-state index in [1.807, 2.05) is 32.0 Å². The minimum Gasteiger partial charge on any atom is -0.394 e. The molecule has 6 heteroatoms. The van der Waals surface area contributed by atoms with Crippen molar-refractivity contribution in [2.24, 2.45) is 0 Å². The fraction of sp³-hybridized carbons (Fsp3) is 0.412. The van der Waals surface area contributed by atoms with Crippen LogP contribution in [-0.4, -0.2) is 44.4 Å². The summed E-state index contributed by atoms with van der Waals surface area (Å²) in [7, 11) is 0. The number of carbonyl (C=O) groups excluding carboxylic acids is 1. The molecule has 1 aliphatic rings. The van der Waals surface area contributed by atoms with Crippen molar-refractivity contribution >= 4 is 17.5 Å². The Bertz CT molecular complexity index is 743. The quantitative estimate of drug-likeness (QED) is 0.939. The third-order valence-electron chi connectivity index (χ3n) is 4.52. The van der Waals surface area contributed by atoms with Gasteiger partial charge >= 0.3 is 0 Å². The van der Waals surface area contributed by atoms with E-state index >= 15 is 0 Å².